The van der Waals surface area contributed by atoms with Crippen LogP contribution in [0.15, 0.2) is 12.3 Å². The van der Waals surface area contributed by atoms with Crippen molar-refractivity contribution in [3.8, 4) is 0 Å². The number of aliphatic hydroxyl groups is 1. The van der Waals surface area contributed by atoms with E-state index in [1.54, 1.807) is 11.8 Å². The molecule has 6 heteroatoms. The van der Waals surface area contributed by atoms with Gasteiger partial charge in [0.05, 0.1) is 11.8 Å². The van der Waals surface area contributed by atoms with Crippen molar-refractivity contribution in [3.05, 3.63) is 23.6 Å². The zero-order valence-electron chi connectivity index (χ0n) is 10.1. The molecule has 0 aromatic carbocycles. The molecule has 1 fully saturated rings. The smallest absolute Gasteiger partial charge is 0.339 e. The van der Waals surface area contributed by atoms with Gasteiger partial charge in [0, 0.05) is 13.1 Å². The number of anilines is 1. The number of carboxylic acid groups (broad SMARTS) is 1. The highest BCUT2D eigenvalue weighted by Crippen LogP contribution is 2.27. The maximum absolute atomic E-state index is 13.0. The number of pyridine rings is 1. The second kappa shape index (κ2) is 4.53. The summed E-state index contributed by atoms with van der Waals surface area (Å²) in [7, 11) is 0. The number of carbonyl (C=O) groups is 1. The summed E-state index contributed by atoms with van der Waals surface area (Å²) in [6.45, 7) is 2.76. The first kappa shape index (κ1) is 12.8. The summed E-state index contributed by atoms with van der Waals surface area (Å²) in [5, 5.41) is 18.9. The topological polar surface area (TPSA) is 73.7 Å². The number of hydrogen-bond donors (Lipinski definition) is 2. The van der Waals surface area contributed by atoms with Crippen LogP contribution in [-0.2, 0) is 0 Å². The van der Waals surface area contributed by atoms with Crippen molar-refractivity contribution < 1.29 is 19.4 Å². The van der Waals surface area contributed by atoms with E-state index < -0.39 is 17.4 Å². The summed E-state index contributed by atoms with van der Waals surface area (Å²) < 4.78 is 13.0. The number of halogens is 1. The predicted molar refractivity (Wildman–Crippen MR) is 63.2 cm³/mol. The molecule has 0 unspecified atom stereocenters. The normalized spacial score (nSPS) is 18.7. The molecule has 1 aliphatic heterocycles. The minimum absolute atomic E-state index is 0.142. The van der Waals surface area contributed by atoms with E-state index in [-0.39, 0.29) is 11.4 Å². The molecular weight excluding hydrogens is 239 g/mol. The van der Waals surface area contributed by atoms with E-state index >= 15 is 0 Å². The van der Waals surface area contributed by atoms with Gasteiger partial charge in [-0.15, -0.1) is 0 Å². The SMILES string of the molecule is CC1(O)CCN(c2ncc(F)cc2C(=O)O)CC1. The zero-order valence-corrected chi connectivity index (χ0v) is 10.1. The summed E-state index contributed by atoms with van der Waals surface area (Å²) in [5.41, 5.74) is -0.864. The average molecular weight is 254 g/mol. The van der Waals surface area contributed by atoms with Crippen LogP contribution in [0.5, 0.6) is 0 Å². The van der Waals surface area contributed by atoms with Crippen molar-refractivity contribution in [1.82, 2.24) is 4.98 Å². The van der Waals surface area contributed by atoms with Crippen LogP contribution < -0.4 is 4.90 Å². The minimum Gasteiger partial charge on any atom is -0.478 e. The van der Waals surface area contributed by atoms with E-state index in [9.17, 15) is 14.3 Å². The molecule has 2 rings (SSSR count). The van der Waals surface area contributed by atoms with Crippen LogP contribution in [0.4, 0.5) is 10.2 Å². The number of nitrogens with zero attached hydrogens (tertiary/aromatic N) is 2. The summed E-state index contributed by atoms with van der Waals surface area (Å²) >= 11 is 0. The van der Waals surface area contributed by atoms with Crippen LogP contribution >= 0.6 is 0 Å². The number of aromatic carboxylic acids is 1. The molecule has 0 atom stereocenters. The number of hydrogen-bond acceptors (Lipinski definition) is 4. The molecule has 2 heterocycles. The van der Waals surface area contributed by atoms with E-state index in [1.165, 1.54) is 0 Å². The summed E-state index contributed by atoms with van der Waals surface area (Å²) in [6, 6.07) is 0.970. The molecule has 0 bridgehead atoms. The molecule has 0 radical (unpaired) electrons. The van der Waals surface area contributed by atoms with Crippen molar-refractivity contribution in [1.29, 1.82) is 0 Å². The molecule has 2 N–H and O–H groups in total. The minimum atomic E-state index is -1.20. The molecule has 1 saturated heterocycles. The fourth-order valence-corrected chi connectivity index (χ4v) is 2.04. The number of rotatable bonds is 2. The standard InChI is InChI=1S/C12H15FN2O3/c1-12(18)2-4-15(5-3-12)10-9(11(16)17)6-8(13)7-14-10/h6-7,18H,2-5H2,1H3,(H,16,17). The number of aromatic nitrogens is 1. The Balaban J connectivity index is 2.26. The molecule has 18 heavy (non-hydrogen) atoms. The fraction of sp³-hybridized carbons (Fsp3) is 0.500. The fourth-order valence-electron chi connectivity index (χ4n) is 2.04. The summed E-state index contributed by atoms with van der Waals surface area (Å²) in [5.74, 6) is -1.60. The Morgan fingerprint density at radius 3 is 2.67 bits per heavy atom. The van der Waals surface area contributed by atoms with Gasteiger partial charge in [-0.2, -0.15) is 0 Å². The molecule has 5 nitrogen and oxygen atoms in total. The number of carboxylic acids is 1. The Hall–Kier alpha value is -1.69. The van der Waals surface area contributed by atoms with Gasteiger partial charge in [-0.25, -0.2) is 14.2 Å². The van der Waals surface area contributed by atoms with Crippen LogP contribution in [0.2, 0.25) is 0 Å². The first-order chi connectivity index (χ1) is 8.39. The van der Waals surface area contributed by atoms with Crippen LogP contribution in [0.1, 0.15) is 30.1 Å². The molecule has 1 aromatic rings. The number of piperidine rings is 1. The third kappa shape index (κ3) is 2.59. The maximum atomic E-state index is 13.0. The maximum Gasteiger partial charge on any atom is 0.339 e. The highest BCUT2D eigenvalue weighted by Gasteiger charge is 2.29. The Morgan fingerprint density at radius 1 is 1.50 bits per heavy atom. The van der Waals surface area contributed by atoms with Crippen molar-refractivity contribution in [2.24, 2.45) is 0 Å². The Labute approximate surface area is 104 Å². The third-order valence-corrected chi connectivity index (χ3v) is 3.20. The summed E-state index contributed by atoms with van der Waals surface area (Å²) in [4.78, 5) is 16.7. The van der Waals surface area contributed by atoms with Crippen LogP contribution in [0.3, 0.4) is 0 Å². The van der Waals surface area contributed by atoms with E-state index in [4.69, 9.17) is 5.11 Å². The third-order valence-electron chi connectivity index (χ3n) is 3.20. The molecule has 1 aromatic heterocycles. The van der Waals surface area contributed by atoms with E-state index in [0.29, 0.717) is 25.9 Å². The van der Waals surface area contributed by atoms with Gasteiger partial charge in [-0.05, 0) is 25.8 Å². The highest BCUT2D eigenvalue weighted by atomic mass is 19.1. The van der Waals surface area contributed by atoms with E-state index in [2.05, 4.69) is 4.98 Å². The lowest BCUT2D eigenvalue weighted by molar-refractivity contribution is 0.0350. The average Bonchev–Trinajstić information content (AvgIpc) is 2.29. The van der Waals surface area contributed by atoms with Crippen LogP contribution in [0, 0.1) is 5.82 Å². The Morgan fingerprint density at radius 2 is 2.11 bits per heavy atom. The van der Waals surface area contributed by atoms with Crippen LogP contribution in [0.25, 0.3) is 0 Å². The second-order valence-corrected chi connectivity index (χ2v) is 4.81. The zero-order chi connectivity index (χ0) is 13.3. The van der Waals surface area contributed by atoms with Gasteiger partial charge in [0.1, 0.15) is 17.2 Å². The van der Waals surface area contributed by atoms with Gasteiger partial charge in [-0.3, -0.25) is 0 Å². The first-order valence-electron chi connectivity index (χ1n) is 5.75. The molecule has 98 valence electrons. The summed E-state index contributed by atoms with van der Waals surface area (Å²) in [6.07, 6.45) is 2.07. The van der Waals surface area contributed by atoms with E-state index in [1.807, 2.05) is 0 Å². The molecular formula is C12H15FN2O3. The lowest BCUT2D eigenvalue weighted by Gasteiger charge is -2.36. The Bertz CT molecular complexity index is 466. The molecule has 0 aliphatic carbocycles. The Kier molecular flexibility index (Phi) is 3.21. The van der Waals surface area contributed by atoms with Gasteiger partial charge in [0.25, 0.3) is 0 Å². The highest BCUT2D eigenvalue weighted by molar-refractivity contribution is 5.93. The second-order valence-electron chi connectivity index (χ2n) is 4.81. The van der Waals surface area contributed by atoms with Gasteiger partial charge in [0.15, 0.2) is 0 Å². The van der Waals surface area contributed by atoms with Crippen LogP contribution in [-0.4, -0.2) is 39.9 Å². The van der Waals surface area contributed by atoms with Gasteiger partial charge in [0.2, 0.25) is 0 Å². The van der Waals surface area contributed by atoms with Crippen molar-refractivity contribution in [2.75, 3.05) is 18.0 Å². The van der Waals surface area contributed by atoms with Crippen molar-refractivity contribution in [2.45, 2.75) is 25.4 Å². The van der Waals surface area contributed by atoms with E-state index in [0.717, 1.165) is 12.3 Å². The molecule has 0 spiro atoms. The first-order valence-corrected chi connectivity index (χ1v) is 5.75. The van der Waals surface area contributed by atoms with Crippen molar-refractivity contribution >= 4 is 11.8 Å². The molecule has 0 amide bonds. The lowest BCUT2D eigenvalue weighted by atomic mass is 9.93. The molecule has 0 saturated carbocycles. The monoisotopic (exact) mass is 254 g/mol. The van der Waals surface area contributed by atoms with Gasteiger partial charge < -0.3 is 15.1 Å². The lowest BCUT2D eigenvalue weighted by Crippen LogP contribution is -2.43. The molecule has 1 aliphatic rings. The van der Waals surface area contributed by atoms with Crippen molar-refractivity contribution in [3.63, 3.8) is 0 Å². The largest absolute Gasteiger partial charge is 0.478 e. The van der Waals surface area contributed by atoms with Gasteiger partial charge >= 0.3 is 5.97 Å². The predicted octanol–water partition coefficient (Wildman–Crippen LogP) is 1.27. The van der Waals surface area contributed by atoms with Gasteiger partial charge in [-0.1, -0.05) is 0 Å². The quantitative estimate of drug-likeness (QED) is 0.831.